The molecule has 1 aromatic carbocycles. The zero-order valence-electron chi connectivity index (χ0n) is 13.1. The number of amides is 1. The molecule has 1 aliphatic heterocycles. The molecule has 0 spiro atoms. The number of hydrogen-bond acceptors (Lipinski definition) is 6. The lowest BCUT2D eigenvalue weighted by Gasteiger charge is -2.07. The van der Waals surface area contributed by atoms with Gasteiger partial charge in [-0.1, -0.05) is 18.2 Å². The molecule has 0 unspecified atom stereocenters. The van der Waals surface area contributed by atoms with Crippen molar-refractivity contribution in [1.29, 1.82) is 0 Å². The fourth-order valence-corrected chi connectivity index (χ4v) is 3.43. The summed E-state index contributed by atoms with van der Waals surface area (Å²) < 4.78 is 25.2. The number of thioether (sulfide) groups is 1. The largest absolute Gasteiger partial charge is 0.378 e. The minimum atomic E-state index is -3.36. The van der Waals surface area contributed by atoms with Gasteiger partial charge in [0.05, 0.1) is 22.5 Å². The Morgan fingerprint density at radius 3 is 2.64 bits per heavy atom. The number of rotatable bonds is 4. The molecular formula is C16H14N4O3S2. The Hall–Kier alpha value is -2.65. The summed E-state index contributed by atoms with van der Waals surface area (Å²) in [6, 6.07) is 12.3. The third kappa shape index (κ3) is 4.46. The number of carbonyl (C=O) groups is 1. The molecule has 0 radical (unpaired) electrons. The van der Waals surface area contributed by atoms with Crippen LogP contribution in [0.25, 0.3) is 17.3 Å². The van der Waals surface area contributed by atoms with Gasteiger partial charge in [-0.3, -0.25) is 9.52 Å². The fourth-order valence-electron chi connectivity index (χ4n) is 2.21. The van der Waals surface area contributed by atoms with Gasteiger partial charge in [0.15, 0.2) is 5.17 Å². The molecule has 128 valence electrons. The van der Waals surface area contributed by atoms with Crippen LogP contribution >= 0.6 is 11.8 Å². The molecular weight excluding hydrogens is 360 g/mol. The maximum atomic E-state index is 11.7. The number of sulfonamides is 1. The number of nitrogens with zero attached hydrogens (tertiary/aromatic N) is 2. The van der Waals surface area contributed by atoms with Gasteiger partial charge in [0.25, 0.3) is 5.91 Å². The number of nitrogens with two attached hydrogens (primary N) is 1. The van der Waals surface area contributed by atoms with E-state index in [9.17, 15) is 13.2 Å². The van der Waals surface area contributed by atoms with E-state index in [1.54, 1.807) is 42.5 Å². The van der Waals surface area contributed by atoms with Gasteiger partial charge >= 0.3 is 0 Å². The second-order valence-electron chi connectivity index (χ2n) is 5.27. The minimum absolute atomic E-state index is 0.215. The fraction of sp³-hybridized carbons (Fsp3) is 0.0625. The van der Waals surface area contributed by atoms with E-state index < -0.39 is 10.0 Å². The Labute approximate surface area is 149 Å². The Balaban J connectivity index is 1.91. The summed E-state index contributed by atoms with van der Waals surface area (Å²) in [5.41, 5.74) is 7.96. The van der Waals surface area contributed by atoms with Crippen LogP contribution in [-0.4, -0.2) is 30.7 Å². The predicted octanol–water partition coefficient (Wildman–Crippen LogP) is 2.05. The van der Waals surface area contributed by atoms with E-state index in [0.29, 0.717) is 22.0 Å². The van der Waals surface area contributed by atoms with Gasteiger partial charge in [0, 0.05) is 11.3 Å². The summed E-state index contributed by atoms with van der Waals surface area (Å²) >= 11 is 1.10. The molecule has 7 nitrogen and oxygen atoms in total. The second-order valence-corrected chi connectivity index (χ2v) is 8.08. The summed E-state index contributed by atoms with van der Waals surface area (Å²) in [7, 11) is -3.36. The maximum Gasteiger partial charge on any atom is 0.286 e. The zero-order valence-corrected chi connectivity index (χ0v) is 14.8. The highest BCUT2D eigenvalue weighted by Crippen LogP contribution is 2.27. The standard InChI is InChI=1S/C16H14N4O3S2/c1-25(22,23)20-12-6-2-4-10(8-12)13-7-3-5-11(18-13)9-14-15(21)19-16(17)24-14/h2-9,20H,1H3,(H2,17,19,21)/b14-9-. The van der Waals surface area contributed by atoms with Crippen molar-refractivity contribution in [3.05, 3.63) is 53.1 Å². The second kappa shape index (κ2) is 6.69. The van der Waals surface area contributed by atoms with Crippen LogP contribution in [0.5, 0.6) is 0 Å². The van der Waals surface area contributed by atoms with Crippen LogP contribution in [0, 0.1) is 0 Å². The zero-order chi connectivity index (χ0) is 18.0. The van der Waals surface area contributed by atoms with Crippen molar-refractivity contribution < 1.29 is 13.2 Å². The Morgan fingerprint density at radius 1 is 1.20 bits per heavy atom. The van der Waals surface area contributed by atoms with Crippen molar-refractivity contribution in [3.63, 3.8) is 0 Å². The van der Waals surface area contributed by atoms with Gasteiger partial charge in [-0.2, -0.15) is 4.99 Å². The number of aliphatic imine (C=N–C) groups is 1. The molecule has 1 aliphatic rings. The SMILES string of the molecule is CS(=O)(=O)Nc1cccc(-c2cccc(/C=C3\SC(N)=NC3=O)n2)c1. The van der Waals surface area contributed by atoms with E-state index in [0.717, 1.165) is 23.6 Å². The number of amidine groups is 1. The molecule has 0 saturated carbocycles. The van der Waals surface area contributed by atoms with E-state index >= 15 is 0 Å². The van der Waals surface area contributed by atoms with Gasteiger partial charge in [0.1, 0.15) is 0 Å². The first kappa shape index (κ1) is 17.2. The van der Waals surface area contributed by atoms with E-state index in [-0.39, 0.29) is 11.1 Å². The minimum Gasteiger partial charge on any atom is -0.378 e. The topological polar surface area (TPSA) is 115 Å². The molecule has 25 heavy (non-hydrogen) atoms. The number of benzene rings is 1. The molecule has 2 aromatic rings. The summed E-state index contributed by atoms with van der Waals surface area (Å²) in [5.74, 6) is -0.381. The van der Waals surface area contributed by atoms with Gasteiger partial charge in [0.2, 0.25) is 10.0 Å². The van der Waals surface area contributed by atoms with Gasteiger partial charge in [-0.15, -0.1) is 0 Å². The molecule has 0 saturated heterocycles. The average molecular weight is 374 g/mol. The lowest BCUT2D eigenvalue weighted by Crippen LogP contribution is -2.09. The van der Waals surface area contributed by atoms with Crippen LogP contribution in [0.1, 0.15) is 5.69 Å². The van der Waals surface area contributed by atoms with Gasteiger partial charge < -0.3 is 5.73 Å². The van der Waals surface area contributed by atoms with Crippen molar-refractivity contribution in [1.82, 2.24) is 4.98 Å². The molecule has 1 aromatic heterocycles. The third-order valence-corrected chi connectivity index (χ3v) is 4.57. The normalized spacial score (nSPS) is 16.1. The molecule has 0 fully saturated rings. The number of hydrogen-bond donors (Lipinski definition) is 2. The lowest BCUT2D eigenvalue weighted by atomic mass is 10.1. The monoisotopic (exact) mass is 374 g/mol. The number of anilines is 1. The van der Waals surface area contributed by atoms with E-state index in [4.69, 9.17) is 5.73 Å². The molecule has 0 aliphatic carbocycles. The summed E-state index contributed by atoms with van der Waals surface area (Å²) in [5, 5.41) is 0.215. The van der Waals surface area contributed by atoms with Crippen molar-refractivity contribution in [2.75, 3.05) is 11.0 Å². The van der Waals surface area contributed by atoms with Crippen molar-refractivity contribution in [2.45, 2.75) is 0 Å². The van der Waals surface area contributed by atoms with Crippen LogP contribution in [0.3, 0.4) is 0 Å². The van der Waals surface area contributed by atoms with E-state index in [1.165, 1.54) is 0 Å². The summed E-state index contributed by atoms with van der Waals surface area (Å²) in [4.78, 5) is 20.2. The average Bonchev–Trinajstić information content (AvgIpc) is 2.84. The van der Waals surface area contributed by atoms with Crippen LogP contribution in [0.4, 0.5) is 5.69 Å². The molecule has 3 N–H and O–H groups in total. The summed E-state index contributed by atoms with van der Waals surface area (Å²) in [6.45, 7) is 0. The van der Waals surface area contributed by atoms with Crippen molar-refractivity contribution >= 4 is 44.6 Å². The molecule has 9 heteroatoms. The van der Waals surface area contributed by atoms with Crippen LogP contribution in [0.15, 0.2) is 52.4 Å². The Morgan fingerprint density at radius 2 is 1.96 bits per heavy atom. The first-order valence-electron chi connectivity index (χ1n) is 7.13. The molecule has 1 amide bonds. The van der Waals surface area contributed by atoms with Crippen LogP contribution < -0.4 is 10.5 Å². The van der Waals surface area contributed by atoms with E-state index in [2.05, 4.69) is 14.7 Å². The number of pyridine rings is 1. The number of carbonyl (C=O) groups excluding carboxylic acids is 1. The van der Waals surface area contributed by atoms with Gasteiger partial charge in [-0.05, 0) is 42.1 Å². The maximum absolute atomic E-state index is 11.7. The Bertz CT molecular complexity index is 1010. The van der Waals surface area contributed by atoms with Crippen LogP contribution in [0.2, 0.25) is 0 Å². The third-order valence-electron chi connectivity index (χ3n) is 3.15. The van der Waals surface area contributed by atoms with Crippen molar-refractivity contribution in [3.8, 4) is 11.3 Å². The first-order chi connectivity index (χ1) is 11.8. The lowest BCUT2D eigenvalue weighted by molar-refractivity contribution is -0.113. The number of aromatic nitrogens is 1. The Kier molecular flexibility index (Phi) is 4.60. The van der Waals surface area contributed by atoms with E-state index in [1.807, 2.05) is 6.07 Å². The highest BCUT2D eigenvalue weighted by atomic mass is 32.2. The predicted molar refractivity (Wildman–Crippen MR) is 100 cm³/mol. The molecule has 3 rings (SSSR count). The van der Waals surface area contributed by atoms with Crippen molar-refractivity contribution in [2.24, 2.45) is 10.7 Å². The summed E-state index contributed by atoms with van der Waals surface area (Å²) in [6.07, 6.45) is 2.72. The van der Waals surface area contributed by atoms with Crippen LogP contribution in [-0.2, 0) is 14.8 Å². The molecule has 0 bridgehead atoms. The number of nitrogens with one attached hydrogen (secondary N) is 1. The van der Waals surface area contributed by atoms with Gasteiger partial charge in [-0.25, -0.2) is 13.4 Å². The first-order valence-corrected chi connectivity index (χ1v) is 9.84. The molecule has 0 atom stereocenters. The quantitative estimate of drug-likeness (QED) is 0.792. The highest BCUT2D eigenvalue weighted by molar-refractivity contribution is 8.18. The molecule has 2 heterocycles. The smallest absolute Gasteiger partial charge is 0.286 e. The highest BCUT2D eigenvalue weighted by Gasteiger charge is 2.19.